The summed E-state index contributed by atoms with van der Waals surface area (Å²) in [6.45, 7) is 16.1. The second kappa shape index (κ2) is 12.6. The molecule has 46 heavy (non-hydrogen) atoms. The van der Waals surface area contributed by atoms with Gasteiger partial charge in [-0.2, -0.15) is 0 Å². The van der Waals surface area contributed by atoms with Crippen molar-refractivity contribution in [1.82, 2.24) is 9.88 Å². The second-order valence-electron chi connectivity index (χ2n) is 14.8. The Morgan fingerprint density at radius 1 is 0.891 bits per heavy atom. The lowest BCUT2D eigenvalue weighted by atomic mass is 9.89. The van der Waals surface area contributed by atoms with Crippen LogP contribution in [0.5, 0.6) is 5.75 Å². The third-order valence-electron chi connectivity index (χ3n) is 9.00. The molecule has 0 radical (unpaired) electrons. The number of anilines is 3. The Bertz CT molecular complexity index is 1430. The first kappa shape index (κ1) is 32.4. The normalized spacial score (nSPS) is 20.3. The quantitative estimate of drug-likeness (QED) is 0.363. The van der Waals surface area contributed by atoms with Crippen molar-refractivity contribution in [2.45, 2.75) is 96.6 Å². The first-order valence-electron chi connectivity index (χ1n) is 16.5. The predicted molar refractivity (Wildman–Crippen MR) is 174 cm³/mol. The smallest absolute Gasteiger partial charge is 0.420 e. The minimum absolute atomic E-state index is 0.204. The third kappa shape index (κ3) is 7.05. The van der Waals surface area contributed by atoms with Crippen molar-refractivity contribution < 1.29 is 33.3 Å². The van der Waals surface area contributed by atoms with Gasteiger partial charge in [0.1, 0.15) is 23.6 Å². The van der Waals surface area contributed by atoms with E-state index in [9.17, 15) is 9.59 Å². The van der Waals surface area contributed by atoms with E-state index < -0.39 is 17.3 Å². The number of ether oxygens (including phenoxy) is 5. The highest BCUT2D eigenvalue weighted by Gasteiger charge is 2.40. The van der Waals surface area contributed by atoms with Crippen LogP contribution in [0.25, 0.3) is 0 Å². The zero-order valence-electron chi connectivity index (χ0n) is 28.1. The minimum atomic E-state index is -0.714. The van der Waals surface area contributed by atoms with E-state index in [1.807, 2.05) is 59.7 Å². The van der Waals surface area contributed by atoms with Crippen molar-refractivity contribution in [3.63, 3.8) is 0 Å². The molecule has 0 atom stereocenters. The second-order valence-corrected chi connectivity index (χ2v) is 14.8. The highest BCUT2D eigenvalue weighted by molar-refractivity contribution is 5.99. The van der Waals surface area contributed by atoms with E-state index >= 15 is 0 Å². The van der Waals surface area contributed by atoms with Crippen LogP contribution in [-0.2, 0) is 25.6 Å². The lowest BCUT2D eigenvalue weighted by Gasteiger charge is -2.46. The molecule has 2 amide bonds. The standard InChI is InChI=1S/C35H48N4O7/c1-33(2,3)45-31(40)37-15-10-24(11-16-37)25-7-8-29-28(21-25)39(32(41)46-34(4,5)6)30-26(22-43-29)27(9-14-36-30)38-17-20-44-35(23-38)12-18-42-19-13-35/h7-9,14,21,24H,10-13,15-20,22-23H2,1-6H3. The number of hydrogen-bond donors (Lipinski definition) is 0. The zero-order chi connectivity index (χ0) is 32.7. The Morgan fingerprint density at radius 2 is 1.59 bits per heavy atom. The number of morpholine rings is 1. The van der Waals surface area contributed by atoms with E-state index in [4.69, 9.17) is 28.7 Å². The van der Waals surface area contributed by atoms with Crippen molar-refractivity contribution in [2.75, 3.05) is 55.8 Å². The fourth-order valence-corrected chi connectivity index (χ4v) is 6.76. The number of fused-ring (bicyclic) bond motifs is 2. The predicted octanol–water partition coefficient (Wildman–Crippen LogP) is 6.55. The molecule has 0 N–H and O–H groups in total. The first-order valence-corrected chi connectivity index (χ1v) is 16.5. The molecular formula is C35H48N4O7. The van der Waals surface area contributed by atoms with Gasteiger partial charge in [0, 0.05) is 64.1 Å². The maximum absolute atomic E-state index is 14.0. The SMILES string of the molecule is CC(C)(C)OC(=O)N1CCC(c2ccc3c(c2)N(C(=O)OC(C)(C)C)c2nccc(N4CCOC5(CCOCC5)C4)c2CO3)CC1. The van der Waals surface area contributed by atoms with Gasteiger partial charge in [-0.15, -0.1) is 0 Å². The molecule has 0 unspecified atom stereocenters. The number of aromatic nitrogens is 1. The number of benzene rings is 1. The van der Waals surface area contributed by atoms with Crippen LogP contribution in [0.15, 0.2) is 30.5 Å². The average molecular weight is 637 g/mol. The Kier molecular flexibility index (Phi) is 8.84. The molecular weight excluding hydrogens is 588 g/mol. The highest BCUT2D eigenvalue weighted by atomic mass is 16.6. The van der Waals surface area contributed by atoms with Crippen LogP contribution in [0.4, 0.5) is 26.8 Å². The van der Waals surface area contributed by atoms with E-state index in [0.29, 0.717) is 50.2 Å². The van der Waals surface area contributed by atoms with E-state index in [0.717, 1.165) is 55.6 Å². The Balaban J connectivity index is 1.31. The topological polar surface area (TPSA) is 103 Å². The summed E-state index contributed by atoms with van der Waals surface area (Å²) in [5, 5.41) is 0. The lowest BCUT2D eigenvalue weighted by Crippen LogP contribution is -2.54. The highest BCUT2D eigenvalue weighted by Crippen LogP contribution is 2.45. The molecule has 0 saturated carbocycles. The van der Waals surface area contributed by atoms with Gasteiger partial charge >= 0.3 is 12.2 Å². The van der Waals surface area contributed by atoms with Gasteiger partial charge in [0.05, 0.1) is 23.5 Å². The largest absolute Gasteiger partial charge is 0.486 e. The maximum Gasteiger partial charge on any atom is 0.420 e. The fraction of sp³-hybridized carbons (Fsp3) is 0.629. The van der Waals surface area contributed by atoms with E-state index in [2.05, 4.69) is 11.0 Å². The Labute approximate surface area is 272 Å². The Hall–Kier alpha value is -3.57. The van der Waals surface area contributed by atoms with Gasteiger partial charge in [0.2, 0.25) is 0 Å². The summed E-state index contributed by atoms with van der Waals surface area (Å²) in [5.41, 5.74) is 2.00. The first-order chi connectivity index (χ1) is 21.8. The van der Waals surface area contributed by atoms with E-state index in [-0.39, 0.29) is 24.2 Å². The molecule has 1 aromatic carbocycles. The molecule has 1 aromatic heterocycles. The van der Waals surface area contributed by atoms with Crippen molar-refractivity contribution in [3.8, 4) is 5.75 Å². The summed E-state index contributed by atoms with van der Waals surface area (Å²) in [4.78, 5) is 37.2. The van der Waals surface area contributed by atoms with Gasteiger partial charge in [0.15, 0.2) is 5.82 Å². The number of pyridine rings is 1. The number of rotatable bonds is 2. The summed E-state index contributed by atoms with van der Waals surface area (Å²) in [6, 6.07) is 8.05. The molecule has 11 heteroatoms. The molecule has 1 spiro atoms. The lowest BCUT2D eigenvalue weighted by molar-refractivity contribution is -0.116. The van der Waals surface area contributed by atoms with Gasteiger partial charge < -0.3 is 33.5 Å². The molecule has 4 aliphatic heterocycles. The van der Waals surface area contributed by atoms with Crippen molar-refractivity contribution in [1.29, 1.82) is 0 Å². The van der Waals surface area contributed by atoms with Gasteiger partial charge in [-0.25, -0.2) is 19.5 Å². The van der Waals surface area contributed by atoms with Crippen molar-refractivity contribution in [2.24, 2.45) is 0 Å². The molecule has 3 saturated heterocycles. The van der Waals surface area contributed by atoms with Crippen LogP contribution in [0.2, 0.25) is 0 Å². The number of hydrogen-bond acceptors (Lipinski definition) is 9. The molecule has 11 nitrogen and oxygen atoms in total. The third-order valence-corrected chi connectivity index (χ3v) is 9.00. The summed E-state index contributed by atoms with van der Waals surface area (Å²) in [6.07, 6.45) is 4.25. The van der Waals surface area contributed by atoms with Crippen LogP contribution >= 0.6 is 0 Å². The van der Waals surface area contributed by atoms with Crippen molar-refractivity contribution in [3.05, 3.63) is 41.6 Å². The zero-order valence-corrected chi connectivity index (χ0v) is 28.1. The monoisotopic (exact) mass is 636 g/mol. The molecule has 5 heterocycles. The van der Waals surface area contributed by atoms with Gasteiger partial charge in [0.25, 0.3) is 0 Å². The number of carbonyl (C=O) groups is 2. The average Bonchev–Trinajstić information content (AvgIpc) is 3.16. The maximum atomic E-state index is 14.0. The van der Waals surface area contributed by atoms with Gasteiger partial charge in [-0.1, -0.05) is 6.07 Å². The molecule has 4 aliphatic rings. The van der Waals surface area contributed by atoms with E-state index in [1.165, 1.54) is 0 Å². The molecule has 0 bridgehead atoms. The summed E-state index contributed by atoms with van der Waals surface area (Å²) in [7, 11) is 0. The summed E-state index contributed by atoms with van der Waals surface area (Å²) in [5.74, 6) is 1.30. The van der Waals surface area contributed by atoms with Gasteiger partial charge in [-0.3, -0.25) is 0 Å². The number of carbonyl (C=O) groups excluding carboxylic acids is 2. The van der Waals surface area contributed by atoms with E-state index in [1.54, 1.807) is 16.0 Å². The fourth-order valence-electron chi connectivity index (χ4n) is 6.76. The van der Waals surface area contributed by atoms with Crippen molar-refractivity contribution >= 4 is 29.4 Å². The number of nitrogens with zero attached hydrogens (tertiary/aromatic N) is 4. The molecule has 3 fully saturated rings. The molecule has 0 aliphatic carbocycles. The summed E-state index contributed by atoms with van der Waals surface area (Å²) >= 11 is 0. The van der Waals surface area contributed by atoms with Crippen LogP contribution in [0, 0.1) is 0 Å². The van der Waals surface area contributed by atoms with Crippen LogP contribution in [-0.4, -0.2) is 84.9 Å². The molecule has 6 rings (SSSR count). The summed E-state index contributed by atoms with van der Waals surface area (Å²) < 4.78 is 30.0. The molecule has 2 aromatic rings. The number of amides is 2. The van der Waals surface area contributed by atoms with Crippen LogP contribution in [0.3, 0.4) is 0 Å². The Morgan fingerprint density at radius 3 is 2.28 bits per heavy atom. The number of piperidine rings is 1. The van der Waals surface area contributed by atoms with Crippen LogP contribution in [0.1, 0.15) is 84.3 Å². The number of likely N-dealkylation sites (tertiary alicyclic amines) is 1. The minimum Gasteiger partial charge on any atom is -0.486 e. The molecule has 250 valence electrons. The van der Waals surface area contributed by atoms with Crippen LogP contribution < -0.4 is 14.5 Å². The van der Waals surface area contributed by atoms with Gasteiger partial charge in [-0.05, 0) is 84.1 Å².